The van der Waals surface area contributed by atoms with Crippen LogP contribution in [0.1, 0.15) is 23.0 Å². The summed E-state index contributed by atoms with van der Waals surface area (Å²) in [4.78, 5) is 10.8. The van der Waals surface area contributed by atoms with E-state index >= 15 is 0 Å². The van der Waals surface area contributed by atoms with Gasteiger partial charge in [0.05, 0.1) is 18.8 Å². The maximum atomic E-state index is 10.8. The summed E-state index contributed by atoms with van der Waals surface area (Å²) in [5.41, 5.74) is 1.42. The van der Waals surface area contributed by atoms with Crippen molar-refractivity contribution < 1.29 is 18.7 Å². The third kappa shape index (κ3) is 1.79. The van der Waals surface area contributed by atoms with Gasteiger partial charge in [-0.15, -0.1) is 0 Å². The molecule has 4 nitrogen and oxygen atoms in total. The number of benzene rings is 1. The van der Waals surface area contributed by atoms with Crippen molar-refractivity contribution in [3.05, 3.63) is 34.0 Å². The zero-order chi connectivity index (χ0) is 12.8. The van der Waals surface area contributed by atoms with Gasteiger partial charge in [0.15, 0.2) is 17.8 Å². The molecule has 0 spiro atoms. The molecule has 94 valence electrons. The van der Waals surface area contributed by atoms with Crippen LogP contribution >= 0.6 is 15.9 Å². The third-order valence-electron chi connectivity index (χ3n) is 3.04. The molecule has 1 saturated heterocycles. The normalized spacial score (nSPS) is 18.3. The van der Waals surface area contributed by atoms with Crippen LogP contribution in [0.3, 0.4) is 0 Å². The van der Waals surface area contributed by atoms with E-state index in [1.807, 2.05) is 19.1 Å². The number of rotatable bonds is 2. The van der Waals surface area contributed by atoms with Gasteiger partial charge in [-0.2, -0.15) is 0 Å². The van der Waals surface area contributed by atoms with Gasteiger partial charge in [0.1, 0.15) is 5.58 Å². The maximum absolute atomic E-state index is 10.8. The van der Waals surface area contributed by atoms with Gasteiger partial charge in [-0.05, 0) is 25.1 Å². The largest absolute Gasteiger partial charge is 0.453 e. The number of carbonyl (C=O) groups excluding carboxylic acids is 1. The van der Waals surface area contributed by atoms with Crippen molar-refractivity contribution in [3.63, 3.8) is 0 Å². The van der Waals surface area contributed by atoms with E-state index in [1.165, 1.54) is 0 Å². The molecular weight excluding hydrogens is 300 g/mol. The average molecular weight is 311 g/mol. The van der Waals surface area contributed by atoms with Crippen molar-refractivity contribution in [3.8, 4) is 0 Å². The Morgan fingerprint density at radius 1 is 1.28 bits per heavy atom. The molecule has 5 heteroatoms. The van der Waals surface area contributed by atoms with Crippen LogP contribution in [0.25, 0.3) is 11.0 Å². The van der Waals surface area contributed by atoms with Crippen molar-refractivity contribution in [2.24, 2.45) is 0 Å². The van der Waals surface area contributed by atoms with Crippen LogP contribution in [0, 0.1) is 0 Å². The minimum atomic E-state index is -0.819. The summed E-state index contributed by atoms with van der Waals surface area (Å²) in [5.74, 6) is -0.522. The minimum Gasteiger partial charge on any atom is -0.453 e. The first kappa shape index (κ1) is 11.9. The van der Waals surface area contributed by atoms with Crippen LogP contribution in [0.4, 0.5) is 0 Å². The maximum Gasteiger partial charge on any atom is 0.195 e. The Balaban J connectivity index is 2.26. The monoisotopic (exact) mass is 310 g/mol. The van der Waals surface area contributed by atoms with E-state index in [0.717, 1.165) is 15.4 Å². The lowest BCUT2D eigenvalue weighted by molar-refractivity contribution is -0.149. The Bertz CT molecular complexity index is 611. The van der Waals surface area contributed by atoms with Gasteiger partial charge in [-0.3, -0.25) is 4.79 Å². The SMILES string of the molecule is CC1(c2cc(Br)cc3cc(C=O)oc23)OCCO1. The number of ether oxygens (including phenoxy) is 2. The summed E-state index contributed by atoms with van der Waals surface area (Å²) < 4.78 is 17.7. The minimum absolute atomic E-state index is 0.297. The number of furan rings is 1. The molecule has 0 N–H and O–H groups in total. The van der Waals surface area contributed by atoms with Crippen LogP contribution in [0.2, 0.25) is 0 Å². The third-order valence-corrected chi connectivity index (χ3v) is 3.50. The topological polar surface area (TPSA) is 48.7 Å². The van der Waals surface area contributed by atoms with E-state index in [-0.39, 0.29) is 0 Å². The second-order valence-corrected chi connectivity index (χ2v) is 5.20. The van der Waals surface area contributed by atoms with Gasteiger partial charge >= 0.3 is 0 Å². The quantitative estimate of drug-likeness (QED) is 0.799. The molecule has 0 unspecified atom stereocenters. The Kier molecular flexibility index (Phi) is 2.77. The van der Waals surface area contributed by atoms with Crippen LogP contribution in [0.5, 0.6) is 0 Å². The number of aldehydes is 1. The van der Waals surface area contributed by atoms with E-state index in [9.17, 15) is 4.79 Å². The van der Waals surface area contributed by atoms with E-state index in [4.69, 9.17) is 13.9 Å². The van der Waals surface area contributed by atoms with Gasteiger partial charge in [0, 0.05) is 9.86 Å². The van der Waals surface area contributed by atoms with Crippen LogP contribution in [0.15, 0.2) is 27.1 Å². The summed E-state index contributed by atoms with van der Waals surface area (Å²) in [6.45, 7) is 2.95. The molecule has 0 saturated carbocycles. The fourth-order valence-corrected chi connectivity index (χ4v) is 2.68. The lowest BCUT2D eigenvalue weighted by atomic mass is 10.1. The zero-order valence-corrected chi connectivity index (χ0v) is 11.3. The highest BCUT2D eigenvalue weighted by Gasteiger charge is 2.36. The number of hydrogen-bond acceptors (Lipinski definition) is 4. The van der Waals surface area contributed by atoms with Gasteiger partial charge < -0.3 is 13.9 Å². The van der Waals surface area contributed by atoms with Crippen LogP contribution < -0.4 is 0 Å². The molecule has 2 aromatic rings. The second-order valence-electron chi connectivity index (χ2n) is 4.28. The molecule has 1 aromatic carbocycles. The van der Waals surface area contributed by atoms with E-state index in [0.29, 0.717) is 30.8 Å². The fourth-order valence-electron chi connectivity index (χ4n) is 2.20. The molecule has 1 aliphatic rings. The predicted molar refractivity (Wildman–Crippen MR) is 68.6 cm³/mol. The lowest BCUT2D eigenvalue weighted by Gasteiger charge is -2.23. The summed E-state index contributed by atoms with van der Waals surface area (Å²) in [7, 11) is 0. The van der Waals surface area contributed by atoms with Crippen molar-refractivity contribution >= 4 is 33.2 Å². The average Bonchev–Trinajstić information content (AvgIpc) is 2.94. The molecule has 18 heavy (non-hydrogen) atoms. The highest BCUT2D eigenvalue weighted by molar-refractivity contribution is 9.10. The summed E-state index contributed by atoms with van der Waals surface area (Å²) >= 11 is 3.44. The number of halogens is 1. The lowest BCUT2D eigenvalue weighted by Crippen LogP contribution is -2.22. The van der Waals surface area contributed by atoms with Crippen LogP contribution in [-0.4, -0.2) is 19.5 Å². The standard InChI is InChI=1S/C13H11BrO4/c1-13(16-2-3-17-13)11-6-9(14)4-8-5-10(7-15)18-12(8)11/h4-7H,2-3H2,1H3. The summed E-state index contributed by atoms with van der Waals surface area (Å²) in [6, 6.07) is 5.49. The van der Waals surface area contributed by atoms with Gasteiger partial charge in [0.2, 0.25) is 0 Å². The molecule has 1 fully saturated rings. The first-order valence-electron chi connectivity index (χ1n) is 5.59. The molecule has 0 bridgehead atoms. The highest BCUT2D eigenvalue weighted by Crippen LogP contribution is 2.38. The second kappa shape index (κ2) is 4.19. The number of carbonyl (C=O) groups is 1. The van der Waals surface area contributed by atoms with Gasteiger partial charge in [0.25, 0.3) is 0 Å². The van der Waals surface area contributed by atoms with Crippen molar-refractivity contribution in [1.29, 1.82) is 0 Å². The first-order chi connectivity index (χ1) is 8.62. The summed E-state index contributed by atoms with van der Waals surface area (Å²) in [5, 5.41) is 0.849. The summed E-state index contributed by atoms with van der Waals surface area (Å²) in [6.07, 6.45) is 0.691. The highest BCUT2D eigenvalue weighted by atomic mass is 79.9. The van der Waals surface area contributed by atoms with Gasteiger partial charge in [-0.1, -0.05) is 15.9 Å². The molecule has 2 heterocycles. The zero-order valence-electron chi connectivity index (χ0n) is 9.73. The smallest absolute Gasteiger partial charge is 0.195 e. The molecule has 0 amide bonds. The van der Waals surface area contributed by atoms with Crippen molar-refractivity contribution in [2.45, 2.75) is 12.7 Å². The molecule has 0 radical (unpaired) electrons. The molecule has 0 aliphatic carbocycles. The number of fused-ring (bicyclic) bond motifs is 1. The Hall–Kier alpha value is -1.17. The van der Waals surface area contributed by atoms with Crippen molar-refractivity contribution in [2.75, 3.05) is 13.2 Å². The Labute approximate surface area is 112 Å². The van der Waals surface area contributed by atoms with Gasteiger partial charge in [-0.25, -0.2) is 0 Å². The first-order valence-corrected chi connectivity index (χ1v) is 6.38. The molecule has 1 aliphatic heterocycles. The fraction of sp³-hybridized carbons (Fsp3) is 0.308. The van der Waals surface area contributed by atoms with E-state index in [1.54, 1.807) is 6.07 Å². The predicted octanol–water partition coefficient (Wildman–Crippen LogP) is 3.23. The Morgan fingerprint density at radius 3 is 2.67 bits per heavy atom. The molecule has 1 aromatic heterocycles. The van der Waals surface area contributed by atoms with Crippen LogP contribution in [-0.2, 0) is 15.3 Å². The van der Waals surface area contributed by atoms with E-state index in [2.05, 4.69) is 15.9 Å². The molecule has 3 rings (SSSR count). The molecular formula is C13H11BrO4. The van der Waals surface area contributed by atoms with E-state index < -0.39 is 5.79 Å². The Morgan fingerprint density at radius 2 is 2.00 bits per heavy atom. The van der Waals surface area contributed by atoms with Crippen molar-refractivity contribution in [1.82, 2.24) is 0 Å². The number of hydrogen-bond donors (Lipinski definition) is 0. The molecule has 0 atom stereocenters.